The van der Waals surface area contributed by atoms with Crippen LogP contribution in [0.2, 0.25) is 0 Å². The number of benzene rings is 1. The third-order valence-electron chi connectivity index (χ3n) is 3.89. The molecule has 0 spiro atoms. The number of likely N-dealkylation sites (tertiary alicyclic amines) is 1. The van der Waals surface area contributed by atoms with Crippen molar-refractivity contribution < 1.29 is 4.74 Å². The highest BCUT2D eigenvalue weighted by molar-refractivity contribution is 5.28. The molecule has 2 nitrogen and oxygen atoms in total. The van der Waals surface area contributed by atoms with Crippen LogP contribution in [-0.2, 0) is 6.42 Å². The number of rotatable bonds is 7. The topological polar surface area (TPSA) is 12.5 Å². The molecule has 0 atom stereocenters. The van der Waals surface area contributed by atoms with Gasteiger partial charge in [0.15, 0.2) is 0 Å². The molecule has 0 radical (unpaired) electrons. The first-order valence-corrected chi connectivity index (χ1v) is 7.82. The molecule has 0 bridgehead atoms. The molecule has 19 heavy (non-hydrogen) atoms. The van der Waals surface area contributed by atoms with E-state index in [1.165, 1.54) is 50.9 Å². The molecule has 1 aromatic carbocycles. The molecule has 1 heterocycles. The van der Waals surface area contributed by atoms with E-state index in [-0.39, 0.29) is 0 Å². The van der Waals surface area contributed by atoms with Gasteiger partial charge in [0.1, 0.15) is 5.75 Å². The average molecular weight is 261 g/mol. The summed E-state index contributed by atoms with van der Waals surface area (Å²) in [6.07, 6.45) is 7.69. The van der Waals surface area contributed by atoms with E-state index in [0.717, 1.165) is 25.2 Å². The van der Waals surface area contributed by atoms with Gasteiger partial charge in [0.05, 0.1) is 6.61 Å². The number of nitrogens with zero attached hydrogens (tertiary/aromatic N) is 1. The van der Waals surface area contributed by atoms with Crippen LogP contribution < -0.4 is 4.74 Å². The van der Waals surface area contributed by atoms with Crippen LogP contribution in [0.3, 0.4) is 0 Å². The van der Waals surface area contributed by atoms with Crippen LogP contribution in [0, 0.1) is 0 Å². The first-order chi connectivity index (χ1) is 9.38. The van der Waals surface area contributed by atoms with Crippen molar-refractivity contribution in [2.45, 2.75) is 45.4 Å². The van der Waals surface area contributed by atoms with E-state index in [1.807, 2.05) is 0 Å². The van der Waals surface area contributed by atoms with Gasteiger partial charge < -0.3 is 9.64 Å². The van der Waals surface area contributed by atoms with Crippen molar-refractivity contribution in [3.63, 3.8) is 0 Å². The lowest BCUT2D eigenvalue weighted by atomic mass is 10.1. The van der Waals surface area contributed by atoms with E-state index < -0.39 is 0 Å². The second kappa shape index (κ2) is 8.21. The number of ether oxygens (including phenoxy) is 1. The van der Waals surface area contributed by atoms with Crippen molar-refractivity contribution in [3.8, 4) is 5.75 Å². The lowest BCUT2D eigenvalue weighted by Gasteiger charge is -2.26. The SMILES string of the molecule is CCc1cccc(OCCCCN2CCCCC2)c1. The first kappa shape index (κ1) is 14.4. The van der Waals surface area contributed by atoms with Crippen molar-refractivity contribution in [1.82, 2.24) is 4.90 Å². The molecule has 1 fully saturated rings. The van der Waals surface area contributed by atoms with E-state index in [0.29, 0.717) is 0 Å². The van der Waals surface area contributed by atoms with E-state index >= 15 is 0 Å². The third-order valence-corrected chi connectivity index (χ3v) is 3.89. The zero-order valence-electron chi connectivity index (χ0n) is 12.2. The Labute approximate surface area is 117 Å². The lowest BCUT2D eigenvalue weighted by molar-refractivity contribution is 0.216. The monoisotopic (exact) mass is 261 g/mol. The highest BCUT2D eigenvalue weighted by Crippen LogP contribution is 2.14. The largest absolute Gasteiger partial charge is 0.494 e. The summed E-state index contributed by atoms with van der Waals surface area (Å²) in [7, 11) is 0. The first-order valence-electron chi connectivity index (χ1n) is 7.82. The molecule has 1 aliphatic heterocycles. The maximum atomic E-state index is 5.82. The van der Waals surface area contributed by atoms with Gasteiger partial charge in [-0.25, -0.2) is 0 Å². The fourth-order valence-electron chi connectivity index (χ4n) is 2.67. The molecule has 1 aliphatic rings. The minimum Gasteiger partial charge on any atom is -0.494 e. The molecule has 0 amide bonds. The summed E-state index contributed by atoms with van der Waals surface area (Å²) in [5, 5.41) is 0. The summed E-state index contributed by atoms with van der Waals surface area (Å²) in [4.78, 5) is 2.60. The number of hydrogen-bond acceptors (Lipinski definition) is 2. The Morgan fingerprint density at radius 3 is 2.74 bits per heavy atom. The summed E-state index contributed by atoms with van der Waals surface area (Å²) in [5.74, 6) is 1.03. The molecule has 1 aromatic rings. The molecule has 0 saturated carbocycles. The van der Waals surface area contributed by atoms with Crippen LogP contribution in [0.1, 0.15) is 44.6 Å². The number of unbranched alkanes of at least 4 members (excludes halogenated alkanes) is 1. The minimum absolute atomic E-state index is 0.848. The van der Waals surface area contributed by atoms with Gasteiger partial charge in [0.2, 0.25) is 0 Å². The van der Waals surface area contributed by atoms with Gasteiger partial charge in [-0.2, -0.15) is 0 Å². The smallest absolute Gasteiger partial charge is 0.119 e. The Balaban J connectivity index is 1.58. The van der Waals surface area contributed by atoms with Gasteiger partial charge in [-0.3, -0.25) is 0 Å². The fraction of sp³-hybridized carbons (Fsp3) is 0.647. The van der Waals surface area contributed by atoms with E-state index in [2.05, 4.69) is 36.1 Å². The van der Waals surface area contributed by atoms with Gasteiger partial charge in [-0.15, -0.1) is 0 Å². The highest BCUT2D eigenvalue weighted by atomic mass is 16.5. The van der Waals surface area contributed by atoms with Crippen LogP contribution in [0.25, 0.3) is 0 Å². The lowest BCUT2D eigenvalue weighted by Crippen LogP contribution is -2.30. The quantitative estimate of drug-likeness (QED) is 0.690. The van der Waals surface area contributed by atoms with Crippen molar-refractivity contribution in [2.75, 3.05) is 26.2 Å². The second-order valence-electron chi connectivity index (χ2n) is 5.46. The van der Waals surface area contributed by atoms with Crippen LogP contribution in [-0.4, -0.2) is 31.1 Å². The Kier molecular flexibility index (Phi) is 6.22. The maximum Gasteiger partial charge on any atom is 0.119 e. The van der Waals surface area contributed by atoms with Gasteiger partial charge in [0, 0.05) is 0 Å². The molecule has 0 N–H and O–H groups in total. The van der Waals surface area contributed by atoms with Crippen molar-refractivity contribution in [2.24, 2.45) is 0 Å². The van der Waals surface area contributed by atoms with Gasteiger partial charge in [0.25, 0.3) is 0 Å². The van der Waals surface area contributed by atoms with Crippen LogP contribution in [0.5, 0.6) is 5.75 Å². The molecule has 0 aliphatic carbocycles. The van der Waals surface area contributed by atoms with E-state index in [1.54, 1.807) is 0 Å². The second-order valence-corrected chi connectivity index (χ2v) is 5.46. The highest BCUT2D eigenvalue weighted by Gasteiger charge is 2.08. The molecule has 0 unspecified atom stereocenters. The minimum atomic E-state index is 0.848. The van der Waals surface area contributed by atoms with Crippen molar-refractivity contribution in [3.05, 3.63) is 29.8 Å². The van der Waals surface area contributed by atoms with Crippen molar-refractivity contribution in [1.29, 1.82) is 0 Å². The van der Waals surface area contributed by atoms with Crippen LogP contribution in [0.15, 0.2) is 24.3 Å². The predicted molar refractivity (Wildman–Crippen MR) is 80.8 cm³/mol. The summed E-state index contributed by atoms with van der Waals surface area (Å²) >= 11 is 0. The van der Waals surface area contributed by atoms with Crippen LogP contribution in [0.4, 0.5) is 0 Å². The summed E-state index contributed by atoms with van der Waals surface area (Å²) in [6, 6.07) is 8.46. The predicted octanol–water partition coefficient (Wildman–Crippen LogP) is 3.89. The number of hydrogen-bond donors (Lipinski definition) is 0. The Hall–Kier alpha value is -1.02. The number of aryl methyl sites for hydroxylation is 1. The molecule has 2 rings (SSSR count). The Morgan fingerprint density at radius 1 is 1.11 bits per heavy atom. The maximum absolute atomic E-state index is 5.82. The summed E-state index contributed by atoms with van der Waals surface area (Å²) in [6.45, 7) is 6.88. The van der Waals surface area contributed by atoms with E-state index in [9.17, 15) is 0 Å². The molecule has 2 heteroatoms. The zero-order valence-corrected chi connectivity index (χ0v) is 12.2. The molecule has 106 valence electrons. The van der Waals surface area contributed by atoms with E-state index in [4.69, 9.17) is 4.74 Å². The summed E-state index contributed by atoms with van der Waals surface area (Å²) in [5.41, 5.74) is 1.35. The Bertz CT molecular complexity index is 358. The normalized spacial score (nSPS) is 16.5. The zero-order chi connectivity index (χ0) is 13.3. The fourth-order valence-corrected chi connectivity index (χ4v) is 2.67. The van der Waals surface area contributed by atoms with Gasteiger partial charge in [-0.05, 0) is 69.4 Å². The molecule has 1 saturated heterocycles. The molecular weight excluding hydrogens is 234 g/mol. The number of piperidine rings is 1. The molecule has 0 aromatic heterocycles. The summed E-state index contributed by atoms with van der Waals surface area (Å²) < 4.78 is 5.82. The molecular formula is C17H27NO. The average Bonchev–Trinajstić information content (AvgIpc) is 2.48. The van der Waals surface area contributed by atoms with Gasteiger partial charge >= 0.3 is 0 Å². The van der Waals surface area contributed by atoms with Gasteiger partial charge in [-0.1, -0.05) is 25.5 Å². The third kappa shape index (κ3) is 5.23. The standard InChI is InChI=1S/C17H27NO/c1-2-16-9-8-10-17(15-16)19-14-7-6-13-18-11-4-3-5-12-18/h8-10,15H,2-7,11-14H2,1H3. The van der Waals surface area contributed by atoms with Crippen molar-refractivity contribution >= 4 is 0 Å². The van der Waals surface area contributed by atoms with Crippen LogP contribution >= 0.6 is 0 Å². The Morgan fingerprint density at radius 2 is 1.95 bits per heavy atom.